The normalized spacial score (nSPS) is 11.6. The molecule has 0 saturated carbocycles. The van der Waals surface area contributed by atoms with Gasteiger partial charge in [-0.05, 0) is 12.8 Å². The molecule has 0 bridgehead atoms. The highest BCUT2D eigenvalue weighted by molar-refractivity contribution is 6.17. The van der Waals surface area contributed by atoms with Crippen LogP contribution in [-0.4, -0.2) is 54.8 Å². The zero-order valence-electron chi connectivity index (χ0n) is 9.91. The largest absolute Gasteiger partial charge is 0.395 e. The molecule has 92 valence electrons. The van der Waals surface area contributed by atoms with Gasteiger partial charge in [0.25, 0.3) is 0 Å². The standard InChI is InChI=1S/C11H24ClNO2/c1-3-11(4-2)13(6-8-14)7-10-15-9-5-12/h11,14H,3-10H2,1-2H3. The van der Waals surface area contributed by atoms with Gasteiger partial charge in [0.15, 0.2) is 0 Å². The van der Waals surface area contributed by atoms with Crippen molar-refractivity contribution in [1.82, 2.24) is 4.90 Å². The van der Waals surface area contributed by atoms with Crippen LogP contribution < -0.4 is 0 Å². The number of rotatable bonds is 10. The number of ether oxygens (including phenoxy) is 1. The Hall–Kier alpha value is 0.170. The van der Waals surface area contributed by atoms with E-state index in [1.54, 1.807) is 0 Å². The first-order valence-corrected chi connectivity index (χ1v) is 6.32. The molecular weight excluding hydrogens is 214 g/mol. The summed E-state index contributed by atoms with van der Waals surface area (Å²) >= 11 is 5.52. The van der Waals surface area contributed by atoms with E-state index in [1.807, 2.05) is 0 Å². The van der Waals surface area contributed by atoms with Gasteiger partial charge in [0.05, 0.1) is 19.8 Å². The van der Waals surface area contributed by atoms with Crippen molar-refractivity contribution in [2.45, 2.75) is 32.7 Å². The average Bonchev–Trinajstić information content (AvgIpc) is 2.26. The van der Waals surface area contributed by atoms with Crippen molar-refractivity contribution in [2.75, 3.05) is 38.8 Å². The minimum absolute atomic E-state index is 0.214. The number of nitrogens with zero attached hydrogens (tertiary/aromatic N) is 1. The third kappa shape index (κ3) is 7.12. The number of aliphatic hydroxyl groups is 1. The maximum atomic E-state index is 8.98. The molecule has 15 heavy (non-hydrogen) atoms. The molecule has 0 spiro atoms. The summed E-state index contributed by atoms with van der Waals surface area (Å²) in [6, 6.07) is 0.553. The summed E-state index contributed by atoms with van der Waals surface area (Å²) in [6.07, 6.45) is 2.23. The summed E-state index contributed by atoms with van der Waals surface area (Å²) < 4.78 is 5.34. The molecule has 0 aromatic heterocycles. The van der Waals surface area contributed by atoms with Crippen LogP contribution in [0.4, 0.5) is 0 Å². The monoisotopic (exact) mass is 237 g/mol. The quantitative estimate of drug-likeness (QED) is 0.464. The van der Waals surface area contributed by atoms with Gasteiger partial charge in [-0.3, -0.25) is 4.90 Å². The van der Waals surface area contributed by atoms with Gasteiger partial charge in [0.1, 0.15) is 0 Å². The zero-order chi connectivity index (χ0) is 11.5. The Balaban J connectivity index is 3.80. The smallest absolute Gasteiger partial charge is 0.0602 e. The van der Waals surface area contributed by atoms with E-state index in [2.05, 4.69) is 18.7 Å². The SMILES string of the molecule is CCC(CC)N(CCO)CCOCCCl. The Morgan fingerprint density at radius 2 is 1.87 bits per heavy atom. The molecular formula is C11H24ClNO2. The third-order valence-corrected chi connectivity index (χ3v) is 2.74. The van der Waals surface area contributed by atoms with E-state index < -0.39 is 0 Å². The number of hydrogen-bond acceptors (Lipinski definition) is 3. The Labute approximate surface area is 98.4 Å². The fourth-order valence-corrected chi connectivity index (χ4v) is 1.86. The molecule has 0 fully saturated rings. The molecule has 3 nitrogen and oxygen atoms in total. The summed E-state index contributed by atoms with van der Waals surface area (Å²) in [5.41, 5.74) is 0. The zero-order valence-corrected chi connectivity index (χ0v) is 10.7. The van der Waals surface area contributed by atoms with Crippen LogP contribution >= 0.6 is 11.6 Å². The van der Waals surface area contributed by atoms with Crippen LogP contribution in [0.3, 0.4) is 0 Å². The summed E-state index contributed by atoms with van der Waals surface area (Å²) in [5, 5.41) is 8.98. The lowest BCUT2D eigenvalue weighted by molar-refractivity contribution is 0.0801. The number of alkyl halides is 1. The molecule has 0 aliphatic heterocycles. The van der Waals surface area contributed by atoms with Gasteiger partial charge in [0, 0.05) is 25.0 Å². The van der Waals surface area contributed by atoms with Gasteiger partial charge in [0.2, 0.25) is 0 Å². The predicted molar refractivity (Wildman–Crippen MR) is 64.6 cm³/mol. The second-order valence-electron chi connectivity index (χ2n) is 3.53. The summed E-state index contributed by atoms with van der Waals surface area (Å²) in [5.74, 6) is 0.547. The number of hydrogen-bond donors (Lipinski definition) is 1. The van der Waals surface area contributed by atoms with Crippen molar-refractivity contribution >= 4 is 11.6 Å². The fraction of sp³-hybridized carbons (Fsp3) is 1.00. The van der Waals surface area contributed by atoms with Crippen molar-refractivity contribution < 1.29 is 9.84 Å². The minimum Gasteiger partial charge on any atom is -0.395 e. The van der Waals surface area contributed by atoms with Crippen LogP contribution in [0.15, 0.2) is 0 Å². The topological polar surface area (TPSA) is 32.7 Å². The molecule has 0 saturated heterocycles. The molecule has 0 aromatic carbocycles. The Morgan fingerprint density at radius 1 is 1.20 bits per heavy atom. The van der Waals surface area contributed by atoms with Crippen LogP contribution in [-0.2, 0) is 4.74 Å². The summed E-state index contributed by atoms with van der Waals surface area (Å²) in [6.45, 7) is 7.49. The fourth-order valence-electron chi connectivity index (χ4n) is 1.75. The van der Waals surface area contributed by atoms with E-state index in [9.17, 15) is 0 Å². The van der Waals surface area contributed by atoms with E-state index in [1.165, 1.54) is 0 Å². The van der Waals surface area contributed by atoms with Crippen LogP contribution in [0.1, 0.15) is 26.7 Å². The Morgan fingerprint density at radius 3 is 2.33 bits per heavy atom. The van der Waals surface area contributed by atoms with Crippen LogP contribution in [0.2, 0.25) is 0 Å². The molecule has 0 rings (SSSR count). The van der Waals surface area contributed by atoms with Crippen molar-refractivity contribution in [3.63, 3.8) is 0 Å². The summed E-state index contributed by atoms with van der Waals surface area (Å²) in [7, 11) is 0. The van der Waals surface area contributed by atoms with Crippen molar-refractivity contribution in [1.29, 1.82) is 0 Å². The molecule has 0 radical (unpaired) electrons. The van der Waals surface area contributed by atoms with E-state index in [0.717, 1.165) is 25.9 Å². The molecule has 0 heterocycles. The highest BCUT2D eigenvalue weighted by Gasteiger charge is 2.13. The van der Waals surface area contributed by atoms with Crippen molar-refractivity contribution in [3.05, 3.63) is 0 Å². The van der Waals surface area contributed by atoms with Crippen molar-refractivity contribution in [2.24, 2.45) is 0 Å². The molecule has 1 N–H and O–H groups in total. The Bertz CT molecular complexity index is 132. The summed E-state index contributed by atoms with van der Waals surface area (Å²) in [4.78, 5) is 2.29. The van der Waals surface area contributed by atoms with E-state index in [-0.39, 0.29) is 6.61 Å². The van der Waals surface area contributed by atoms with Gasteiger partial charge in [-0.2, -0.15) is 0 Å². The molecule has 0 amide bonds. The lowest BCUT2D eigenvalue weighted by atomic mass is 10.1. The van der Waals surface area contributed by atoms with Gasteiger partial charge >= 0.3 is 0 Å². The maximum absolute atomic E-state index is 8.98. The van der Waals surface area contributed by atoms with E-state index >= 15 is 0 Å². The van der Waals surface area contributed by atoms with Gasteiger partial charge in [-0.15, -0.1) is 11.6 Å². The van der Waals surface area contributed by atoms with Gasteiger partial charge < -0.3 is 9.84 Å². The number of aliphatic hydroxyl groups excluding tert-OH is 1. The van der Waals surface area contributed by atoms with Crippen LogP contribution in [0, 0.1) is 0 Å². The Kier molecular flexibility index (Phi) is 10.8. The maximum Gasteiger partial charge on any atom is 0.0602 e. The second kappa shape index (κ2) is 10.7. The molecule has 4 heteroatoms. The van der Waals surface area contributed by atoms with Crippen LogP contribution in [0.5, 0.6) is 0 Å². The van der Waals surface area contributed by atoms with Crippen molar-refractivity contribution in [3.8, 4) is 0 Å². The molecule has 0 atom stereocenters. The molecule has 0 unspecified atom stereocenters. The lowest BCUT2D eigenvalue weighted by Gasteiger charge is -2.29. The van der Waals surface area contributed by atoms with Crippen LogP contribution in [0.25, 0.3) is 0 Å². The highest BCUT2D eigenvalue weighted by Crippen LogP contribution is 2.07. The molecule has 0 aliphatic carbocycles. The molecule has 0 aliphatic rings. The average molecular weight is 238 g/mol. The minimum atomic E-state index is 0.214. The third-order valence-electron chi connectivity index (χ3n) is 2.59. The lowest BCUT2D eigenvalue weighted by Crippen LogP contribution is -2.39. The van der Waals surface area contributed by atoms with E-state index in [0.29, 0.717) is 25.1 Å². The van der Waals surface area contributed by atoms with E-state index in [4.69, 9.17) is 21.4 Å². The first kappa shape index (κ1) is 15.2. The first-order valence-electron chi connectivity index (χ1n) is 5.78. The van der Waals surface area contributed by atoms with Gasteiger partial charge in [-0.25, -0.2) is 0 Å². The first-order chi connectivity index (χ1) is 7.29. The predicted octanol–water partition coefficient (Wildman–Crippen LogP) is 1.72. The van der Waals surface area contributed by atoms with Gasteiger partial charge in [-0.1, -0.05) is 13.8 Å². The second-order valence-corrected chi connectivity index (χ2v) is 3.91. The highest BCUT2D eigenvalue weighted by atomic mass is 35.5. The number of halogens is 1. The molecule has 0 aromatic rings.